The van der Waals surface area contributed by atoms with Crippen molar-refractivity contribution >= 4 is 17.6 Å². The van der Waals surface area contributed by atoms with Crippen molar-refractivity contribution in [1.82, 2.24) is 4.73 Å². The fourth-order valence-corrected chi connectivity index (χ4v) is 1.59. The van der Waals surface area contributed by atoms with E-state index >= 15 is 0 Å². The normalized spacial score (nSPS) is 9.90. The van der Waals surface area contributed by atoms with Crippen molar-refractivity contribution in [1.29, 1.82) is 0 Å². The molecule has 0 radical (unpaired) electrons. The smallest absolute Gasteiger partial charge is 0.341 e. The van der Waals surface area contributed by atoms with Crippen LogP contribution in [0.3, 0.4) is 0 Å². The van der Waals surface area contributed by atoms with E-state index < -0.39 is 29.6 Å². The average molecular weight is 288 g/mol. The van der Waals surface area contributed by atoms with E-state index in [4.69, 9.17) is 9.94 Å². The van der Waals surface area contributed by atoms with Gasteiger partial charge in [-0.2, -0.15) is 4.73 Å². The Balaban J connectivity index is 2.00. The molecule has 0 bridgehead atoms. The summed E-state index contributed by atoms with van der Waals surface area (Å²) in [7, 11) is 0. The molecule has 1 amide bonds. The van der Waals surface area contributed by atoms with Crippen molar-refractivity contribution in [3.63, 3.8) is 0 Å². The molecule has 0 aliphatic carbocycles. The van der Waals surface area contributed by atoms with Crippen LogP contribution in [0.4, 0.5) is 5.69 Å². The molecule has 1 aromatic heterocycles. The van der Waals surface area contributed by atoms with E-state index in [1.165, 1.54) is 12.3 Å². The predicted molar refractivity (Wildman–Crippen MR) is 74.2 cm³/mol. The number of carbonyl (C=O) groups is 2. The minimum atomic E-state index is -1.35. The molecule has 1 heterocycles. The Hall–Kier alpha value is -3.09. The van der Waals surface area contributed by atoms with Gasteiger partial charge in [-0.05, 0) is 24.3 Å². The number of aromatic carboxylic acids is 1. The molecule has 0 spiro atoms. The molecule has 7 nitrogen and oxygen atoms in total. The van der Waals surface area contributed by atoms with Crippen molar-refractivity contribution in [2.75, 3.05) is 11.9 Å². The van der Waals surface area contributed by atoms with Crippen LogP contribution in [-0.2, 0) is 4.79 Å². The zero-order valence-corrected chi connectivity index (χ0v) is 10.9. The number of nitrogens with zero attached hydrogens (tertiary/aromatic N) is 1. The molecule has 108 valence electrons. The molecular formula is C14H12N2O5. The highest BCUT2D eigenvalue weighted by Gasteiger charge is 2.11. The first-order valence-corrected chi connectivity index (χ1v) is 6.01. The number of amides is 1. The lowest BCUT2D eigenvalue weighted by atomic mass is 10.3. The summed E-state index contributed by atoms with van der Waals surface area (Å²) in [6.45, 7) is -0.419. The summed E-state index contributed by atoms with van der Waals surface area (Å²) in [5, 5.41) is 11.4. The molecule has 1 aromatic carbocycles. The van der Waals surface area contributed by atoms with Gasteiger partial charge in [-0.3, -0.25) is 9.59 Å². The van der Waals surface area contributed by atoms with Gasteiger partial charge in [-0.25, -0.2) is 4.79 Å². The molecule has 0 aliphatic rings. The molecule has 0 saturated carbocycles. The third-order valence-electron chi connectivity index (χ3n) is 2.54. The zero-order valence-electron chi connectivity index (χ0n) is 10.9. The van der Waals surface area contributed by atoms with Gasteiger partial charge in [-0.1, -0.05) is 18.2 Å². The van der Waals surface area contributed by atoms with Crippen molar-refractivity contribution < 1.29 is 19.5 Å². The number of para-hydroxylation sites is 1. The van der Waals surface area contributed by atoms with E-state index in [0.717, 1.165) is 6.07 Å². The number of carboxylic acid groups (broad SMARTS) is 1. The molecule has 2 N–H and O–H groups in total. The maximum atomic E-state index is 11.7. The molecule has 2 aromatic rings. The quantitative estimate of drug-likeness (QED) is 0.840. The Kier molecular flexibility index (Phi) is 4.35. The van der Waals surface area contributed by atoms with Crippen molar-refractivity contribution in [3.8, 4) is 0 Å². The second kappa shape index (κ2) is 6.38. The Bertz CT molecular complexity index is 709. The number of hydrogen-bond acceptors (Lipinski definition) is 4. The first kappa shape index (κ1) is 14.3. The van der Waals surface area contributed by atoms with Crippen LogP contribution in [0.5, 0.6) is 0 Å². The van der Waals surface area contributed by atoms with Crippen molar-refractivity contribution in [2.24, 2.45) is 0 Å². The van der Waals surface area contributed by atoms with E-state index in [1.807, 2.05) is 6.07 Å². The van der Waals surface area contributed by atoms with Crippen LogP contribution in [0.1, 0.15) is 10.4 Å². The molecule has 0 fully saturated rings. The van der Waals surface area contributed by atoms with Crippen LogP contribution >= 0.6 is 0 Å². The van der Waals surface area contributed by atoms with Gasteiger partial charge in [0.15, 0.2) is 6.61 Å². The van der Waals surface area contributed by atoms with Gasteiger partial charge < -0.3 is 15.3 Å². The summed E-state index contributed by atoms with van der Waals surface area (Å²) in [6, 6.07) is 11.2. The molecule has 0 atom stereocenters. The van der Waals surface area contributed by atoms with Crippen LogP contribution in [0.2, 0.25) is 0 Å². The Morgan fingerprint density at radius 1 is 1.14 bits per heavy atom. The number of carbonyl (C=O) groups excluding carboxylic acids is 1. The standard InChI is InChI=1S/C14H12N2O5/c17-12(15-10-5-2-1-3-6-10)9-21-16-8-4-7-11(13(16)18)14(19)20/h1-8H,9H2,(H,15,17)(H,19,20). The molecular weight excluding hydrogens is 276 g/mol. The summed E-state index contributed by atoms with van der Waals surface area (Å²) < 4.78 is 0.716. The van der Waals surface area contributed by atoms with Crippen LogP contribution < -0.4 is 15.7 Å². The number of aromatic nitrogens is 1. The SMILES string of the molecule is O=C(COn1cccc(C(=O)O)c1=O)Nc1ccccc1. The third kappa shape index (κ3) is 3.69. The fraction of sp³-hybridized carbons (Fsp3) is 0.0714. The number of nitrogens with one attached hydrogen (secondary N) is 1. The maximum Gasteiger partial charge on any atom is 0.341 e. The molecule has 2 rings (SSSR count). The Labute approximate surface area is 119 Å². The van der Waals surface area contributed by atoms with E-state index in [9.17, 15) is 14.4 Å². The number of rotatable bonds is 5. The second-order valence-electron chi connectivity index (χ2n) is 4.05. The van der Waals surface area contributed by atoms with Gasteiger partial charge in [-0.15, -0.1) is 0 Å². The van der Waals surface area contributed by atoms with Crippen molar-refractivity contribution in [2.45, 2.75) is 0 Å². The predicted octanol–water partition coefficient (Wildman–Crippen LogP) is 0.614. The average Bonchev–Trinajstić information content (AvgIpc) is 2.47. The minimum absolute atomic E-state index is 0.419. The highest BCUT2D eigenvalue weighted by atomic mass is 16.7. The van der Waals surface area contributed by atoms with Gasteiger partial charge in [0.2, 0.25) is 0 Å². The third-order valence-corrected chi connectivity index (χ3v) is 2.54. The lowest BCUT2D eigenvalue weighted by Crippen LogP contribution is -2.34. The summed E-state index contributed by atoms with van der Waals surface area (Å²) >= 11 is 0. The molecule has 21 heavy (non-hydrogen) atoms. The number of hydrogen-bond donors (Lipinski definition) is 2. The van der Waals surface area contributed by atoms with Crippen LogP contribution in [0.15, 0.2) is 53.5 Å². The van der Waals surface area contributed by atoms with E-state index in [0.29, 0.717) is 10.4 Å². The van der Waals surface area contributed by atoms with Gasteiger partial charge in [0.05, 0.1) is 0 Å². The number of anilines is 1. The first-order valence-electron chi connectivity index (χ1n) is 6.01. The van der Waals surface area contributed by atoms with E-state index in [1.54, 1.807) is 24.3 Å². The summed E-state index contributed by atoms with van der Waals surface area (Å²) in [6.07, 6.45) is 1.24. The van der Waals surface area contributed by atoms with Gasteiger partial charge in [0.25, 0.3) is 11.5 Å². The minimum Gasteiger partial charge on any atom is -0.477 e. The van der Waals surface area contributed by atoms with Crippen LogP contribution in [0.25, 0.3) is 0 Å². The highest BCUT2D eigenvalue weighted by Crippen LogP contribution is 2.04. The zero-order chi connectivity index (χ0) is 15.2. The Morgan fingerprint density at radius 2 is 1.86 bits per heavy atom. The first-order chi connectivity index (χ1) is 10.1. The van der Waals surface area contributed by atoms with Crippen molar-refractivity contribution in [3.05, 3.63) is 64.6 Å². The fourth-order valence-electron chi connectivity index (χ4n) is 1.59. The second-order valence-corrected chi connectivity index (χ2v) is 4.05. The molecule has 0 unspecified atom stereocenters. The van der Waals surface area contributed by atoms with Gasteiger partial charge >= 0.3 is 5.97 Å². The summed E-state index contributed by atoms with van der Waals surface area (Å²) in [4.78, 5) is 39.2. The topological polar surface area (TPSA) is 97.6 Å². The van der Waals surface area contributed by atoms with E-state index in [2.05, 4.69) is 5.32 Å². The monoisotopic (exact) mass is 288 g/mol. The maximum absolute atomic E-state index is 11.7. The molecule has 0 aliphatic heterocycles. The van der Waals surface area contributed by atoms with Crippen LogP contribution in [0, 0.1) is 0 Å². The number of carboxylic acids is 1. The van der Waals surface area contributed by atoms with Gasteiger partial charge in [0, 0.05) is 11.9 Å². The Morgan fingerprint density at radius 3 is 2.52 bits per heavy atom. The number of benzene rings is 1. The van der Waals surface area contributed by atoms with Crippen LogP contribution in [-0.4, -0.2) is 28.3 Å². The summed E-state index contributed by atoms with van der Waals surface area (Å²) in [5.41, 5.74) is -0.670. The number of pyridine rings is 1. The lowest BCUT2D eigenvalue weighted by Gasteiger charge is -2.09. The van der Waals surface area contributed by atoms with E-state index in [-0.39, 0.29) is 0 Å². The largest absolute Gasteiger partial charge is 0.477 e. The molecule has 7 heteroatoms. The lowest BCUT2D eigenvalue weighted by molar-refractivity contribution is -0.120. The summed E-state index contributed by atoms with van der Waals surface area (Å²) in [5.74, 6) is -1.82. The van der Waals surface area contributed by atoms with Gasteiger partial charge in [0.1, 0.15) is 5.56 Å². The highest BCUT2D eigenvalue weighted by molar-refractivity contribution is 5.91. The molecule has 0 saturated heterocycles.